The smallest absolute Gasteiger partial charge is 0.400 e. The number of nitrogens with zero attached hydrogens (tertiary/aromatic N) is 1. The van der Waals surface area contributed by atoms with E-state index in [2.05, 4.69) is 24.2 Å². The Hall–Kier alpha value is -1.63. The maximum absolute atomic E-state index is 11.2. The van der Waals surface area contributed by atoms with Crippen LogP contribution in [0.4, 0.5) is 0 Å². The van der Waals surface area contributed by atoms with Crippen molar-refractivity contribution in [2.75, 3.05) is 14.2 Å². The van der Waals surface area contributed by atoms with Gasteiger partial charge >= 0.3 is 17.7 Å². The topological polar surface area (TPSA) is 83.4 Å². The van der Waals surface area contributed by atoms with Gasteiger partial charge < -0.3 is 14.4 Å². The molecule has 1 aliphatic heterocycles. The Morgan fingerprint density at radius 1 is 1.29 bits per heavy atom. The van der Waals surface area contributed by atoms with Crippen LogP contribution in [-0.4, -0.2) is 37.8 Å². The average Bonchev–Trinajstić information content (AvgIpc) is 2.59. The fraction of sp³-hybridized carbons (Fsp3) is 0.571. The number of aliphatic imine (C=N–C) groups is 1. The van der Waals surface area contributed by atoms with Gasteiger partial charge in [0.25, 0.3) is 0 Å². The van der Waals surface area contributed by atoms with E-state index in [1.54, 1.807) is 0 Å². The molecule has 7 nitrogen and oxygen atoms in total. The largest absolute Gasteiger partial charge is 0.465 e. The number of ether oxygens (including phenoxy) is 2. The van der Waals surface area contributed by atoms with E-state index in [1.807, 2.05) is 0 Å². The highest BCUT2D eigenvalue weighted by Gasteiger charge is 2.56. The summed E-state index contributed by atoms with van der Waals surface area (Å²) < 4.78 is 8.71. The molecule has 0 spiro atoms. The summed E-state index contributed by atoms with van der Waals surface area (Å²) in [7, 11) is 2.19. The second-order valence-electron chi connectivity index (χ2n) is 2.42. The van der Waals surface area contributed by atoms with E-state index in [1.165, 1.54) is 6.92 Å². The average molecular weight is 203 g/mol. The van der Waals surface area contributed by atoms with Crippen LogP contribution in [0, 0.1) is 0 Å². The van der Waals surface area contributed by atoms with E-state index in [-0.39, 0.29) is 5.90 Å². The molecule has 0 fully saturated rings. The Morgan fingerprint density at radius 2 is 1.79 bits per heavy atom. The molecule has 1 aliphatic rings. The number of methoxy groups -OCH3 is 2. The van der Waals surface area contributed by atoms with Crippen LogP contribution in [0.1, 0.15) is 6.92 Å². The summed E-state index contributed by atoms with van der Waals surface area (Å²) in [5.41, 5.74) is -2.17. The van der Waals surface area contributed by atoms with Gasteiger partial charge in [0.2, 0.25) is 5.90 Å². The normalized spacial score (nSPS) is 18.1. The van der Waals surface area contributed by atoms with E-state index in [9.17, 15) is 9.59 Å². The number of esters is 2. The van der Waals surface area contributed by atoms with Crippen molar-refractivity contribution < 1.29 is 28.8 Å². The lowest BCUT2D eigenvalue weighted by Gasteiger charge is -2.15. The summed E-state index contributed by atoms with van der Waals surface area (Å²) in [6, 6.07) is 0. The summed E-state index contributed by atoms with van der Waals surface area (Å²) in [6.45, 7) is 1.42. The summed E-state index contributed by atoms with van der Waals surface area (Å²) in [5, 5.41) is 0. The third kappa shape index (κ3) is 1.41. The fourth-order valence-corrected chi connectivity index (χ4v) is 0.899. The van der Waals surface area contributed by atoms with E-state index < -0.39 is 17.7 Å². The Kier molecular flexibility index (Phi) is 2.70. The van der Waals surface area contributed by atoms with Gasteiger partial charge in [-0.1, -0.05) is 0 Å². The van der Waals surface area contributed by atoms with Crippen molar-refractivity contribution in [1.82, 2.24) is 0 Å². The summed E-state index contributed by atoms with van der Waals surface area (Å²) in [6.07, 6.45) is 0. The van der Waals surface area contributed by atoms with Crippen LogP contribution >= 0.6 is 0 Å². The van der Waals surface area contributed by atoms with Crippen LogP contribution in [0.25, 0.3) is 0 Å². The highest BCUT2D eigenvalue weighted by molar-refractivity contribution is 6.05. The van der Waals surface area contributed by atoms with Gasteiger partial charge in [0.15, 0.2) is 0 Å². The second-order valence-corrected chi connectivity index (χ2v) is 2.42. The van der Waals surface area contributed by atoms with Crippen molar-refractivity contribution in [1.29, 1.82) is 0 Å². The number of hydrogen-bond donors (Lipinski definition) is 0. The molecule has 7 heteroatoms. The van der Waals surface area contributed by atoms with Gasteiger partial charge in [-0.3, -0.25) is 0 Å². The van der Waals surface area contributed by atoms with Crippen LogP contribution in [0.3, 0.4) is 0 Å². The Balaban J connectivity index is 3.04. The van der Waals surface area contributed by atoms with E-state index in [4.69, 9.17) is 0 Å². The number of hydrogen-bond acceptors (Lipinski definition) is 7. The number of carbonyl (C=O) groups excluding carboxylic acids is 2. The Bertz CT molecular complexity index is 281. The molecule has 0 radical (unpaired) electrons. The molecular weight excluding hydrogens is 194 g/mol. The highest BCUT2D eigenvalue weighted by atomic mass is 17.2. The molecule has 0 aromatic rings. The first-order valence-corrected chi connectivity index (χ1v) is 3.66. The maximum atomic E-state index is 11.2. The standard InChI is InChI=1S/C7H9NO6/c1-4-8-7(14-13-4,5(9)11-2)6(10)12-3/h1-3H3. The molecule has 0 atom stereocenters. The lowest BCUT2D eigenvalue weighted by atomic mass is 10.2. The van der Waals surface area contributed by atoms with Crippen molar-refractivity contribution in [3.05, 3.63) is 0 Å². The molecule has 0 N–H and O–H groups in total. The number of rotatable bonds is 2. The zero-order valence-electron chi connectivity index (χ0n) is 7.90. The van der Waals surface area contributed by atoms with Gasteiger partial charge in [-0.05, 0) is 0 Å². The molecule has 0 aliphatic carbocycles. The van der Waals surface area contributed by atoms with Gasteiger partial charge in [0, 0.05) is 6.92 Å². The molecule has 0 saturated heterocycles. The van der Waals surface area contributed by atoms with Gasteiger partial charge in [-0.25, -0.2) is 9.59 Å². The molecule has 78 valence electrons. The highest BCUT2D eigenvalue weighted by Crippen LogP contribution is 2.23. The van der Waals surface area contributed by atoms with Crippen molar-refractivity contribution in [2.24, 2.45) is 4.99 Å². The monoisotopic (exact) mass is 203 g/mol. The second kappa shape index (κ2) is 3.62. The van der Waals surface area contributed by atoms with Crippen molar-refractivity contribution in [3.63, 3.8) is 0 Å². The zero-order valence-corrected chi connectivity index (χ0v) is 7.90. The lowest BCUT2D eigenvalue weighted by Crippen LogP contribution is -2.46. The van der Waals surface area contributed by atoms with Gasteiger partial charge in [0.1, 0.15) is 0 Å². The minimum absolute atomic E-state index is 0.0424. The Labute approximate surface area is 79.5 Å². The molecular formula is C7H9NO6. The van der Waals surface area contributed by atoms with Crippen LogP contribution in [0.2, 0.25) is 0 Å². The molecule has 1 heterocycles. The predicted molar refractivity (Wildman–Crippen MR) is 42.0 cm³/mol. The van der Waals surface area contributed by atoms with E-state index in [0.717, 1.165) is 14.2 Å². The third-order valence-corrected chi connectivity index (χ3v) is 1.52. The van der Waals surface area contributed by atoms with Gasteiger partial charge in [0.05, 0.1) is 14.2 Å². The van der Waals surface area contributed by atoms with E-state index >= 15 is 0 Å². The summed E-state index contributed by atoms with van der Waals surface area (Å²) in [5.74, 6) is -1.96. The van der Waals surface area contributed by atoms with Crippen LogP contribution < -0.4 is 0 Å². The summed E-state index contributed by atoms with van der Waals surface area (Å²) in [4.78, 5) is 35.0. The van der Waals surface area contributed by atoms with Gasteiger partial charge in [-0.2, -0.15) is 4.99 Å². The molecule has 0 aromatic carbocycles. The quantitative estimate of drug-likeness (QED) is 0.339. The fourth-order valence-electron chi connectivity index (χ4n) is 0.899. The SMILES string of the molecule is COC(=O)C1(C(=O)OC)N=C(C)OO1. The van der Waals surface area contributed by atoms with Crippen LogP contribution in [0.15, 0.2) is 4.99 Å². The Morgan fingerprint density at radius 3 is 2.07 bits per heavy atom. The van der Waals surface area contributed by atoms with Crippen molar-refractivity contribution >= 4 is 17.8 Å². The molecule has 0 bridgehead atoms. The zero-order chi connectivity index (χ0) is 10.8. The van der Waals surface area contributed by atoms with Crippen LogP contribution in [-0.2, 0) is 28.8 Å². The third-order valence-electron chi connectivity index (χ3n) is 1.52. The van der Waals surface area contributed by atoms with Crippen molar-refractivity contribution in [3.8, 4) is 0 Å². The molecule has 0 aromatic heterocycles. The number of carbonyl (C=O) groups is 2. The molecule has 1 rings (SSSR count). The molecule has 0 amide bonds. The first-order valence-electron chi connectivity index (χ1n) is 3.66. The van der Waals surface area contributed by atoms with Gasteiger partial charge in [-0.15, -0.1) is 4.89 Å². The molecule has 0 saturated carbocycles. The summed E-state index contributed by atoms with van der Waals surface area (Å²) >= 11 is 0. The minimum atomic E-state index is -2.17. The lowest BCUT2D eigenvalue weighted by molar-refractivity contribution is -0.277. The first-order chi connectivity index (χ1) is 6.56. The van der Waals surface area contributed by atoms with E-state index in [0.29, 0.717) is 0 Å². The molecule has 14 heavy (non-hydrogen) atoms. The first kappa shape index (κ1) is 10.5. The minimum Gasteiger partial charge on any atom is -0.465 e. The molecule has 0 unspecified atom stereocenters. The van der Waals surface area contributed by atoms with Crippen LogP contribution in [0.5, 0.6) is 0 Å². The van der Waals surface area contributed by atoms with Crippen molar-refractivity contribution in [2.45, 2.75) is 12.6 Å². The predicted octanol–water partition coefficient (Wildman–Crippen LogP) is -0.591. The maximum Gasteiger partial charge on any atom is 0.400 e.